The number of piperidine rings is 1. The molecule has 3 aromatic heterocycles. The Morgan fingerprint density at radius 3 is 2.66 bits per heavy atom. The number of aromatic nitrogens is 6. The van der Waals surface area contributed by atoms with Gasteiger partial charge in [0.2, 0.25) is 0 Å². The summed E-state index contributed by atoms with van der Waals surface area (Å²) in [5.41, 5.74) is 1.55. The summed E-state index contributed by atoms with van der Waals surface area (Å²) < 4.78 is 43.2. The van der Waals surface area contributed by atoms with Gasteiger partial charge in [0.25, 0.3) is 6.43 Å². The van der Waals surface area contributed by atoms with Crippen LogP contribution in [-0.4, -0.2) is 42.7 Å². The summed E-state index contributed by atoms with van der Waals surface area (Å²) in [6.45, 7) is 3.43. The van der Waals surface area contributed by atoms with Gasteiger partial charge in [0.05, 0.1) is 29.2 Å². The average molecular weight is 401 g/mol. The van der Waals surface area contributed by atoms with Crippen molar-refractivity contribution in [1.29, 1.82) is 0 Å². The van der Waals surface area contributed by atoms with Crippen molar-refractivity contribution in [3.05, 3.63) is 41.5 Å². The minimum Gasteiger partial charge on any atom is -0.317 e. The molecule has 5 rings (SSSR count). The number of hydrogen-bond acceptors (Lipinski definition) is 5. The molecule has 1 aromatic carbocycles. The molecule has 0 unspecified atom stereocenters. The maximum absolute atomic E-state index is 14.8. The second-order valence-electron chi connectivity index (χ2n) is 7.26. The van der Waals surface area contributed by atoms with Gasteiger partial charge in [-0.15, -0.1) is 5.10 Å². The van der Waals surface area contributed by atoms with Crippen molar-refractivity contribution in [2.24, 2.45) is 0 Å². The van der Waals surface area contributed by atoms with Crippen molar-refractivity contribution in [3.8, 4) is 11.3 Å². The zero-order valence-corrected chi connectivity index (χ0v) is 15.6. The molecule has 10 heteroatoms. The minimum atomic E-state index is -2.73. The molecule has 0 atom stereocenters. The van der Waals surface area contributed by atoms with E-state index in [1.54, 1.807) is 24.0 Å². The summed E-state index contributed by atoms with van der Waals surface area (Å²) in [6.07, 6.45) is 0.569. The molecule has 1 N–H and O–H groups in total. The number of aryl methyl sites for hydroxylation is 1. The van der Waals surface area contributed by atoms with Crippen molar-refractivity contribution >= 4 is 16.7 Å². The Balaban J connectivity index is 1.63. The Labute approximate surface area is 163 Å². The predicted molar refractivity (Wildman–Crippen MR) is 100 cm³/mol. The van der Waals surface area contributed by atoms with Gasteiger partial charge in [0.15, 0.2) is 11.5 Å². The van der Waals surface area contributed by atoms with E-state index in [0.717, 1.165) is 25.9 Å². The van der Waals surface area contributed by atoms with E-state index in [1.165, 1.54) is 16.6 Å². The summed E-state index contributed by atoms with van der Waals surface area (Å²) in [6, 6.07) is 4.26. The standard InChI is InChI=1S/C19H18F3N7/c1-10-9-28-19(24-10)13(18(21)22)8-15(25-28)11-6-14(20)17-16(7-11)26-29(27-17)12-2-4-23-5-3-12/h6-9,12,18,23H,2-5H2,1H3. The summed E-state index contributed by atoms with van der Waals surface area (Å²) in [5, 5.41) is 16.4. The first-order valence-electron chi connectivity index (χ1n) is 9.42. The number of nitrogens with one attached hydrogen (secondary N) is 1. The van der Waals surface area contributed by atoms with Crippen molar-refractivity contribution in [2.45, 2.75) is 32.2 Å². The van der Waals surface area contributed by atoms with Crippen LogP contribution in [0.25, 0.3) is 27.9 Å². The van der Waals surface area contributed by atoms with E-state index in [4.69, 9.17) is 0 Å². The number of nitrogens with zero attached hydrogens (tertiary/aromatic N) is 6. The normalized spacial score (nSPS) is 15.8. The lowest BCUT2D eigenvalue weighted by molar-refractivity contribution is 0.152. The van der Waals surface area contributed by atoms with Gasteiger partial charge < -0.3 is 5.32 Å². The second-order valence-corrected chi connectivity index (χ2v) is 7.26. The zero-order chi connectivity index (χ0) is 20.1. The Morgan fingerprint density at radius 1 is 1.10 bits per heavy atom. The molecule has 0 amide bonds. The molecule has 7 nitrogen and oxygen atoms in total. The number of rotatable bonds is 3. The molecule has 1 aliphatic heterocycles. The zero-order valence-electron chi connectivity index (χ0n) is 15.6. The van der Waals surface area contributed by atoms with E-state index in [0.29, 0.717) is 16.8 Å². The van der Waals surface area contributed by atoms with E-state index in [1.807, 2.05) is 0 Å². The van der Waals surface area contributed by atoms with Crippen molar-refractivity contribution in [3.63, 3.8) is 0 Å². The highest BCUT2D eigenvalue weighted by molar-refractivity contribution is 5.81. The lowest BCUT2D eigenvalue weighted by Crippen LogP contribution is -2.30. The van der Waals surface area contributed by atoms with Gasteiger partial charge in [0.1, 0.15) is 11.0 Å². The smallest absolute Gasteiger partial charge is 0.267 e. The summed E-state index contributed by atoms with van der Waals surface area (Å²) in [5.74, 6) is -0.556. The molecule has 1 saturated heterocycles. The molecule has 0 bridgehead atoms. The molecular weight excluding hydrogens is 383 g/mol. The van der Waals surface area contributed by atoms with Gasteiger partial charge in [-0.2, -0.15) is 15.0 Å². The molecule has 1 aliphatic rings. The fourth-order valence-corrected chi connectivity index (χ4v) is 3.76. The Bertz CT molecular complexity index is 1210. The van der Waals surface area contributed by atoms with Crippen LogP contribution in [0.4, 0.5) is 13.2 Å². The van der Waals surface area contributed by atoms with E-state index >= 15 is 0 Å². The molecule has 0 radical (unpaired) electrons. The fraction of sp³-hybridized carbons (Fsp3) is 0.368. The third kappa shape index (κ3) is 3.13. The third-order valence-corrected chi connectivity index (χ3v) is 5.20. The first kappa shape index (κ1) is 18.0. The number of fused-ring (bicyclic) bond motifs is 2. The van der Waals surface area contributed by atoms with Crippen LogP contribution in [0, 0.1) is 12.7 Å². The fourth-order valence-electron chi connectivity index (χ4n) is 3.76. The molecule has 0 saturated carbocycles. The SMILES string of the molecule is Cc1cn2nc(-c3cc(F)c4nn(C5CCNCC5)nc4c3)cc(C(F)F)c2n1. The molecule has 4 aromatic rings. The van der Waals surface area contributed by atoms with Crippen LogP contribution >= 0.6 is 0 Å². The molecular formula is C19H18F3N7. The van der Waals surface area contributed by atoms with Crippen LogP contribution in [-0.2, 0) is 0 Å². The van der Waals surface area contributed by atoms with Crippen LogP contribution in [0.2, 0.25) is 0 Å². The monoisotopic (exact) mass is 401 g/mol. The lowest BCUT2D eigenvalue weighted by atomic mass is 10.1. The number of alkyl halides is 2. The highest BCUT2D eigenvalue weighted by atomic mass is 19.3. The maximum Gasteiger partial charge on any atom is 0.267 e. The van der Waals surface area contributed by atoms with E-state index in [-0.39, 0.29) is 28.5 Å². The van der Waals surface area contributed by atoms with Crippen LogP contribution in [0.5, 0.6) is 0 Å². The van der Waals surface area contributed by atoms with Gasteiger partial charge in [-0.1, -0.05) is 0 Å². The minimum absolute atomic E-state index is 0.0969. The third-order valence-electron chi connectivity index (χ3n) is 5.20. The van der Waals surface area contributed by atoms with Crippen LogP contribution < -0.4 is 5.32 Å². The van der Waals surface area contributed by atoms with Gasteiger partial charge in [-0.05, 0) is 51.1 Å². The predicted octanol–water partition coefficient (Wildman–Crippen LogP) is 3.45. The lowest BCUT2D eigenvalue weighted by Gasteiger charge is -2.21. The van der Waals surface area contributed by atoms with Crippen LogP contribution in [0.1, 0.15) is 36.6 Å². The Kier molecular flexibility index (Phi) is 4.23. The topological polar surface area (TPSA) is 72.9 Å². The van der Waals surface area contributed by atoms with Crippen molar-refractivity contribution < 1.29 is 13.2 Å². The van der Waals surface area contributed by atoms with Gasteiger partial charge >= 0.3 is 0 Å². The van der Waals surface area contributed by atoms with Gasteiger partial charge in [-0.25, -0.2) is 22.7 Å². The van der Waals surface area contributed by atoms with E-state index in [9.17, 15) is 13.2 Å². The maximum atomic E-state index is 14.8. The highest BCUT2D eigenvalue weighted by Gasteiger charge is 2.21. The molecule has 0 spiro atoms. The van der Waals surface area contributed by atoms with Gasteiger partial charge in [0, 0.05) is 5.56 Å². The average Bonchev–Trinajstić information content (AvgIpc) is 3.30. The number of imidazole rings is 1. The van der Waals surface area contributed by atoms with E-state index in [2.05, 4.69) is 25.6 Å². The number of halogens is 3. The van der Waals surface area contributed by atoms with E-state index < -0.39 is 12.2 Å². The second kappa shape index (κ2) is 6.80. The first-order valence-corrected chi connectivity index (χ1v) is 9.42. The summed E-state index contributed by atoms with van der Waals surface area (Å²) in [4.78, 5) is 5.68. The largest absolute Gasteiger partial charge is 0.317 e. The van der Waals surface area contributed by atoms with Crippen molar-refractivity contribution in [1.82, 2.24) is 34.9 Å². The van der Waals surface area contributed by atoms with Crippen LogP contribution in [0.3, 0.4) is 0 Å². The summed E-state index contributed by atoms with van der Waals surface area (Å²) >= 11 is 0. The van der Waals surface area contributed by atoms with Gasteiger partial charge in [-0.3, -0.25) is 0 Å². The first-order chi connectivity index (χ1) is 14.0. The number of benzene rings is 1. The van der Waals surface area contributed by atoms with Crippen molar-refractivity contribution in [2.75, 3.05) is 13.1 Å². The summed E-state index contributed by atoms with van der Waals surface area (Å²) in [7, 11) is 0. The molecule has 1 fully saturated rings. The molecule has 29 heavy (non-hydrogen) atoms. The number of hydrogen-bond donors (Lipinski definition) is 1. The Morgan fingerprint density at radius 2 is 1.90 bits per heavy atom. The van der Waals surface area contributed by atoms with Crippen LogP contribution in [0.15, 0.2) is 24.4 Å². The molecule has 4 heterocycles. The highest BCUT2D eigenvalue weighted by Crippen LogP contribution is 2.30. The molecule has 150 valence electrons. The Hall–Kier alpha value is -3.01. The molecule has 0 aliphatic carbocycles. The quantitative estimate of drug-likeness (QED) is 0.569.